The van der Waals surface area contributed by atoms with E-state index in [1.807, 2.05) is 14.1 Å². The highest BCUT2D eigenvalue weighted by molar-refractivity contribution is 7.79. The van der Waals surface area contributed by atoms with Gasteiger partial charge in [-0.05, 0) is 26.9 Å². The van der Waals surface area contributed by atoms with Crippen LogP contribution >= 0.6 is 24.6 Å². The third-order valence-corrected chi connectivity index (χ3v) is 2.42. The van der Waals surface area contributed by atoms with E-state index in [-0.39, 0.29) is 12.4 Å². The number of rotatable bonds is 9. The third-order valence-electron chi connectivity index (χ3n) is 2.19. The summed E-state index contributed by atoms with van der Waals surface area (Å²) in [6, 6.07) is 0. The Morgan fingerprint density at radius 3 is 2.12 bits per heavy atom. The fourth-order valence-corrected chi connectivity index (χ4v) is 1.43. The Kier molecular flexibility index (Phi) is 15.9. The van der Waals surface area contributed by atoms with E-state index in [4.69, 9.17) is 21.7 Å². The van der Waals surface area contributed by atoms with Crippen LogP contribution in [-0.2, 0) is 9.47 Å². The molecular formula is C12H26ClNO2S. The lowest BCUT2D eigenvalue weighted by Gasteiger charge is -2.11. The number of unbranched alkanes of at least 4 members (excludes halogenated alkanes) is 3. The molecule has 0 heterocycles. The van der Waals surface area contributed by atoms with Gasteiger partial charge in [-0.15, -0.1) is 12.4 Å². The van der Waals surface area contributed by atoms with E-state index >= 15 is 0 Å². The smallest absolute Gasteiger partial charge is 0.352 e. The van der Waals surface area contributed by atoms with Gasteiger partial charge in [-0.25, -0.2) is 0 Å². The largest absolute Gasteiger partial charge is 0.457 e. The molecule has 0 aromatic heterocycles. The topological polar surface area (TPSA) is 21.7 Å². The minimum absolute atomic E-state index is 0. The monoisotopic (exact) mass is 283 g/mol. The first-order valence-corrected chi connectivity index (χ1v) is 6.52. The molecule has 0 saturated heterocycles. The van der Waals surface area contributed by atoms with Crippen molar-refractivity contribution in [3.8, 4) is 0 Å². The SMILES string of the molecule is CCCCCCOC(=S)OCCCN(C)C.Cl. The van der Waals surface area contributed by atoms with E-state index in [0.29, 0.717) is 18.5 Å². The van der Waals surface area contributed by atoms with Gasteiger partial charge in [0.1, 0.15) is 0 Å². The van der Waals surface area contributed by atoms with Crippen LogP contribution in [0, 0.1) is 0 Å². The lowest BCUT2D eigenvalue weighted by Crippen LogP contribution is -2.16. The Hall–Kier alpha value is -0.0600. The summed E-state index contributed by atoms with van der Waals surface area (Å²) in [5.41, 5.74) is 0. The summed E-state index contributed by atoms with van der Waals surface area (Å²) in [6.45, 7) is 4.54. The molecule has 0 bridgehead atoms. The summed E-state index contributed by atoms with van der Waals surface area (Å²) in [6.07, 6.45) is 5.76. The number of ether oxygens (including phenoxy) is 2. The van der Waals surface area contributed by atoms with Crippen LogP contribution in [0.1, 0.15) is 39.0 Å². The van der Waals surface area contributed by atoms with Gasteiger partial charge in [0.2, 0.25) is 0 Å². The summed E-state index contributed by atoms with van der Waals surface area (Å²) in [7, 11) is 4.09. The van der Waals surface area contributed by atoms with E-state index in [9.17, 15) is 0 Å². The van der Waals surface area contributed by atoms with Crippen molar-refractivity contribution >= 4 is 29.9 Å². The second kappa shape index (κ2) is 14.0. The predicted molar refractivity (Wildman–Crippen MR) is 79.1 cm³/mol. The Balaban J connectivity index is 0. The van der Waals surface area contributed by atoms with Gasteiger partial charge in [0.05, 0.1) is 13.2 Å². The zero-order chi connectivity index (χ0) is 12.2. The van der Waals surface area contributed by atoms with Crippen molar-refractivity contribution in [2.24, 2.45) is 0 Å². The van der Waals surface area contributed by atoms with E-state index < -0.39 is 0 Å². The molecule has 0 amide bonds. The Bertz CT molecular complexity index is 180. The fourth-order valence-electron chi connectivity index (χ4n) is 1.26. The molecule has 0 unspecified atom stereocenters. The third kappa shape index (κ3) is 15.9. The Labute approximate surface area is 117 Å². The van der Waals surface area contributed by atoms with Crippen molar-refractivity contribution < 1.29 is 9.47 Å². The molecule has 0 N–H and O–H groups in total. The van der Waals surface area contributed by atoms with Crippen LogP contribution in [0.4, 0.5) is 0 Å². The number of thiocarbonyl (C=S) groups is 1. The van der Waals surface area contributed by atoms with E-state index in [1.165, 1.54) is 19.3 Å². The average molecular weight is 284 g/mol. The lowest BCUT2D eigenvalue weighted by atomic mass is 10.2. The summed E-state index contributed by atoms with van der Waals surface area (Å²) in [5.74, 6) is 0. The zero-order valence-electron chi connectivity index (χ0n) is 11.2. The van der Waals surface area contributed by atoms with Crippen molar-refractivity contribution in [3.63, 3.8) is 0 Å². The first kappa shape index (κ1) is 19.3. The molecule has 0 aliphatic carbocycles. The molecule has 0 aromatic carbocycles. The van der Waals surface area contributed by atoms with Crippen molar-refractivity contribution in [1.82, 2.24) is 4.90 Å². The molecule has 0 aliphatic rings. The zero-order valence-corrected chi connectivity index (χ0v) is 12.9. The summed E-state index contributed by atoms with van der Waals surface area (Å²) < 4.78 is 10.6. The molecular weight excluding hydrogens is 258 g/mol. The number of nitrogens with zero attached hydrogens (tertiary/aromatic N) is 1. The first-order valence-electron chi connectivity index (χ1n) is 6.11. The number of hydrogen-bond acceptors (Lipinski definition) is 4. The average Bonchev–Trinajstić information content (AvgIpc) is 2.24. The second-order valence-electron chi connectivity index (χ2n) is 4.16. The van der Waals surface area contributed by atoms with Crippen molar-refractivity contribution in [3.05, 3.63) is 0 Å². The van der Waals surface area contributed by atoms with Gasteiger partial charge in [0.15, 0.2) is 0 Å². The molecule has 17 heavy (non-hydrogen) atoms. The Morgan fingerprint density at radius 1 is 1.00 bits per heavy atom. The van der Waals surface area contributed by atoms with E-state index in [0.717, 1.165) is 19.4 Å². The van der Waals surface area contributed by atoms with Crippen LogP contribution in [0.15, 0.2) is 0 Å². The van der Waals surface area contributed by atoms with Crippen molar-refractivity contribution in [2.45, 2.75) is 39.0 Å². The number of halogens is 1. The first-order chi connectivity index (χ1) is 7.66. The van der Waals surface area contributed by atoms with Gasteiger partial charge in [-0.3, -0.25) is 0 Å². The van der Waals surface area contributed by atoms with Gasteiger partial charge in [-0.2, -0.15) is 0 Å². The van der Waals surface area contributed by atoms with Gasteiger partial charge in [-0.1, -0.05) is 26.2 Å². The molecule has 0 rings (SSSR count). The molecule has 0 aliphatic heterocycles. The highest BCUT2D eigenvalue weighted by Crippen LogP contribution is 2.00. The second-order valence-corrected chi connectivity index (χ2v) is 4.50. The van der Waals surface area contributed by atoms with E-state index in [2.05, 4.69) is 11.8 Å². The van der Waals surface area contributed by atoms with Crippen LogP contribution in [0.3, 0.4) is 0 Å². The Morgan fingerprint density at radius 2 is 1.59 bits per heavy atom. The molecule has 0 fully saturated rings. The van der Waals surface area contributed by atoms with E-state index in [1.54, 1.807) is 0 Å². The van der Waals surface area contributed by atoms with Gasteiger partial charge in [0.25, 0.3) is 0 Å². The molecule has 104 valence electrons. The highest BCUT2D eigenvalue weighted by Gasteiger charge is 1.98. The number of hydrogen-bond donors (Lipinski definition) is 0. The quantitative estimate of drug-likeness (QED) is 0.478. The molecule has 0 radical (unpaired) electrons. The maximum atomic E-state index is 5.29. The molecule has 0 saturated carbocycles. The molecule has 0 spiro atoms. The van der Waals surface area contributed by atoms with Gasteiger partial charge >= 0.3 is 5.24 Å². The van der Waals surface area contributed by atoms with Crippen LogP contribution in [-0.4, -0.2) is 44.0 Å². The maximum absolute atomic E-state index is 5.29. The van der Waals surface area contributed by atoms with Crippen molar-refractivity contribution in [2.75, 3.05) is 33.9 Å². The van der Waals surface area contributed by atoms with Crippen LogP contribution in [0.2, 0.25) is 0 Å². The fraction of sp³-hybridized carbons (Fsp3) is 0.917. The van der Waals surface area contributed by atoms with Crippen LogP contribution in [0.25, 0.3) is 0 Å². The minimum atomic E-state index is 0. The molecule has 0 atom stereocenters. The maximum Gasteiger partial charge on any atom is 0.352 e. The van der Waals surface area contributed by atoms with Crippen LogP contribution in [0.5, 0.6) is 0 Å². The van der Waals surface area contributed by atoms with Gasteiger partial charge in [0, 0.05) is 18.8 Å². The summed E-state index contributed by atoms with van der Waals surface area (Å²) in [4.78, 5) is 2.12. The predicted octanol–water partition coefficient (Wildman–Crippen LogP) is 3.26. The molecule has 5 heteroatoms. The molecule has 0 aromatic rings. The highest BCUT2D eigenvalue weighted by atomic mass is 35.5. The van der Waals surface area contributed by atoms with Gasteiger partial charge < -0.3 is 14.4 Å². The standard InChI is InChI=1S/C12H25NO2S.ClH/c1-4-5-6-7-10-14-12(16)15-11-8-9-13(2)3;/h4-11H2,1-3H3;1H. The molecule has 3 nitrogen and oxygen atoms in total. The summed E-state index contributed by atoms with van der Waals surface area (Å²) in [5, 5.41) is 0.301. The van der Waals surface area contributed by atoms with Crippen molar-refractivity contribution in [1.29, 1.82) is 0 Å². The summed E-state index contributed by atoms with van der Waals surface area (Å²) >= 11 is 4.95. The normalized spacial score (nSPS) is 9.88. The van der Waals surface area contributed by atoms with Crippen LogP contribution < -0.4 is 0 Å². The minimum Gasteiger partial charge on any atom is -0.457 e. The lowest BCUT2D eigenvalue weighted by molar-refractivity contribution is 0.168.